The van der Waals surface area contributed by atoms with Crippen LogP contribution in [0.25, 0.3) is 22.5 Å². The first-order valence-corrected chi connectivity index (χ1v) is 12.2. The van der Waals surface area contributed by atoms with E-state index in [4.69, 9.17) is 25.6 Å². The van der Waals surface area contributed by atoms with E-state index in [0.29, 0.717) is 40.8 Å². The Balaban J connectivity index is 1.47. The summed E-state index contributed by atoms with van der Waals surface area (Å²) in [5, 5.41) is 7.40. The monoisotopic (exact) mass is 519 g/mol. The molecule has 8 nitrogen and oxygen atoms in total. The second-order valence-electron chi connectivity index (χ2n) is 8.22. The van der Waals surface area contributed by atoms with Crippen LogP contribution in [-0.4, -0.2) is 35.4 Å². The highest BCUT2D eigenvalue weighted by molar-refractivity contribution is 6.31. The molecule has 0 bridgehead atoms. The predicted molar refractivity (Wildman–Crippen MR) is 140 cm³/mol. The number of ether oxygens (including phenoxy) is 2. The molecule has 2 aromatic carbocycles. The Bertz CT molecular complexity index is 1400. The predicted octanol–water partition coefficient (Wildman–Crippen LogP) is 6.26. The molecule has 4 rings (SSSR count). The fraction of sp³-hybridized carbons (Fsp3) is 0.214. The molecule has 9 heteroatoms. The van der Waals surface area contributed by atoms with Gasteiger partial charge in [-0.2, -0.15) is 0 Å². The van der Waals surface area contributed by atoms with E-state index in [1.54, 1.807) is 32.3 Å². The number of amides is 1. The van der Waals surface area contributed by atoms with Crippen molar-refractivity contribution in [2.45, 2.75) is 26.7 Å². The third-order valence-electron chi connectivity index (χ3n) is 5.56. The van der Waals surface area contributed by atoms with Gasteiger partial charge in [-0.1, -0.05) is 53.2 Å². The number of carbonyl (C=O) groups is 2. The highest BCUT2D eigenvalue weighted by atomic mass is 35.5. The largest absolute Gasteiger partial charge is 0.466 e. The molecule has 0 saturated heterocycles. The van der Waals surface area contributed by atoms with E-state index >= 15 is 0 Å². The van der Waals surface area contributed by atoms with Crippen LogP contribution in [0.5, 0.6) is 0 Å². The molecule has 0 spiro atoms. The van der Waals surface area contributed by atoms with Gasteiger partial charge >= 0.3 is 12.1 Å². The van der Waals surface area contributed by atoms with Gasteiger partial charge < -0.3 is 14.0 Å². The molecule has 0 aliphatic rings. The van der Waals surface area contributed by atoms with Crippen molar-refractivity contribution >= 4 is 29.4 Å². The van der Waals surface area contributed by atoms with Crippen molar-refractivity contribution in [2.75, 3.05) is 18.5 Å². The molecular weight excluding hydrogens is 494 g/mol. The quantitative estimate of drug-likeness (QED) is 0.260. The number of aromatic nitrogens is 2. The number of halogens is 1. The van der Waals surface area contributed by atoms with Gasteiger partial charge in [0.2, 0.25) is 0 Å². The molecule has 37 heavy (non-hydrogen) atoms. The Kier molecular flexibility index (Phi) is 8.53. The summed E-state index contributed by atoms with van der Waals surface area (Å²) in [7, 11) is 0. The SMILES string of the molecule is CCOC(=O)Cc1cncc(-c2cccc(-c3onc(C)c3NC(=O)OCCc3ccccc3Cl)c2)c1. The van der Waals surface area contributed by atoms with Crippen LogP contribution in [0.4, 0.5) is 10.5 Å². The summed E-state index contributed by atoms with van der Waals surface area (Å²) in [5.41, 5.74) is 4.98. The van der Waals surface area contributed by atoms with Gasteiger partial charge in [0.05, 0.1) is 19.6 Å². The van der Waals surface area contributed by atoms with Gasteiger partial charge in [0, 0.05) is 35.0 Å². The zero-order valence-corrected chi connectivity index (χ0v) is 21.2. The summed E-state index contributed by atoms with van der Waals surface area (Å²) < 4.78 is 15.9. The molecule has 1 N–H and O–H groups in total. The van der Waals surface area contributed by atoms with Gasteiger partial charge in [-0.3, -0.25) is 15.1 Å². The van der Waals surface area contributed by atoms with E-state index in [0.717, 1.165) is 22.3 Å². The highest BCUT2D eigenvalue weighted by Gasteiger charge is 2.19. The van der Waals surface area contributed by atoms with Crippen molar-refractivity contribution < 1.29 is 23.6 Å². The van der Waals surface area contributed by atoms with Crippen LogP contribution in [-0.2, 0) is 27.1 Å². The van der Waals surface area contributed by atoms with Gasteiger partial charge in [0.25, 0.3) is 0 Å². The normalized spacial score (nSPS) is 10.7. The van der Waals surface area contributed by atoms with Crippen LogP contribution in [0.2, 0.25) is 5.02 Å². The van der Waals surface area contributed by atoms with Gasteiger partial charge in [-0.05, 0) is 48.7 Å². The second-order valence-corrected chi connectivity index (χ2v) is 8.63. The van der Waals surface area contributed by atoms with Gasteiger partial charge in [0.1, 0.15) is 11.4 Å². The van der Waals surface area contributed by atoms with Crippen molar-refractivity contribution in [1.82, 2.24) is 10.1 Å². The van der Waals surface area contributed by atoms with Crippen LogP contribution in [0.3, 0.4) is 0 Å². The lowest BCUT2D eigenvalue weighted by atomic mass is 10.0. The standard InChI is InChI=1S/C28H26ClN3O5/c1-3-35-25(33)14-19-13-23(17-30-16-19)21-8-6-9-22(15-21)27-26(18(2)32-37-27)31-28(34)36-12-11-20-7-4-5-10-24(20)29/h4-10,13,15-17H,3,11-12,14H2,1-2H3,(H,31,34). The Labute approximate surface area is 219 Å². The number of nitrogens with zero attached hydrogens (tertiary/aromatic N) is 2. The van der Waals surface area contributed by atoms with Crippen LogP contribution in [0, 0.1) is 6.92 Å². The van der Waals surface area contributed by atoms with Crippen molar-refractivity contribution in [3.63, 3.8) is 0 Å². The molecule has 1 amide bonds. The highest BCUT2D eigenvalue weighted by Crippen LogP contribution is 2.33. The maximum atomic E-state index is 12.5. The lowest BCUT2D eigenvalue weighted by Gasteiger charge is -2.09. The molecule has 0 atom stereocenters. The Hall–Kier alpha value is -4.17. The number of anilines is 1. The third kappa shape index (κ3) is 6.74. The molecule has 4 aromatic rings. The molecule has 2 aromatic heterocycles. The summed E-state index contributed by atoms with van der Waals surface area (Å²) in [6.07, 6.45) is 3.38. The zero-order chi connectivity index (χ0) is 26.2. The average Bonchev–Trinajstić information content (AvgIpc) is 3.25. The van der Waals surface area contributed by atoms with Crippen LogP contribution < -0.4 is 5.32 Å². The molecule has 0 aliphatic carbocycles. The number of esters is 1. The summed E-state index contributed by atoms with van der Waals surface area (Å²) in [6.45, 7) is 4.00. The molecule has 0 radical (unpaired) electrons. The van der Waals surface area contributed by atoms with Crippen molar-refractivity contribution in [2.24, 2.45) is 0 Å². The van der Waals surface area contributed by atoms with Gasteiger partial charge in [-0.15, -0.1) is 0 Å². The lowest BCUT2D eigenvalue weighted by molar-refractivity contribution is -0.142. The molecule has 190 valence electrons. The number of hydrogen-bond acceptors (Lipinski definition) is 7. The number of carbonyl (C=O) groups excluding carboxylic acids is 2. The fourth-order valence-electron chi connectivity index (χ4n) is 3.77. The summed E-state index contributed by atoms with van der Waals surface area (Å²) >= 11 is 6.16. The molecule has 2 heterocycles. The first-order chi connectivity index (χ1) is 17.9. The third-order valence-corrected chi connectivity index (χ3v) is 5.93. The summed E-state index contributed by atoms with van der Waals surface area (Å²) in [6, 6.07) is 16.9. The fourth-order valence-corrected chi connectivity index (χ4v) is 4.00. The minimum absolute atomic E-state index is 0.141. The van der Waals surface area contributed by atoms with E-state index in [1.165, 1.54) is 0 Å². The van der Waals surface area contributed by atoms with Crippen LogP contribution >= 0.6 is 11.6 Å². The number of hydrogen-bond donors (Lipinski definition) is 1. The first-order valence-electron chi connectivity index (χ1n) is 11.8. The van der Waals surface area contributed by atoms with E-state index < -0.39 is 6.09 Å². The smallest absolute Gasteiger partial charge is 0.411 e. The van der Waals surface area contributed by atoms with E-state index in [1.807, 2.05) is 48.5 Å². The molecule has 0 aliphatic heterocycles. The Morgan fingerprint density at radius 1 is 1.00 bits per heavy atom. The average molecular weight is 520 g/mol. The Morgan fingerprint density at radius 3 is 2.62 bits per heavy atom. The number of aryl methyl sites for hydroxylation is 1. The van der Waals surface area contributed by atoms with E-state index in [2.05, 4.69) is 15.5 Å². The maximum Gasteiger partial charge on any atom is 0.411 e. The summed E-state index contributed by atoms with van der Waals surface area (Å²) in [5.74, 6) is 0.0971. The number of benzene rings is 2. The zero-order valence-electron chi connectivity index (χ0n) is 20.5. The summed E-state index contributed by atoms with van der Waals surface area (Å²) in [4.78, 5) is 28.6. The van der Waals surface area contributed by atoms with Crippen molar-refractivity contribution in [1.29, 1.82) is 0 Å². The molecular formula is C28H26ClN3O5. The number of pyridine rings is 1. The topological polar surface area (TPSA) is 104 Å². The maximum absolute atomic E-state index is 12.5. The Morgan fingerprint density at radius 2 is 1.81 bits per heavy atom. The second kappa shape index (κ2) is 12.2. The number of rotatable bonds is 9. The minimum Gasteiger partial charge on any atom is -0.466 e. The van der Waals surface area contributed by atoms with Gasteiger partial charge in [-0.25, -0.2) is 4.79 Å². The molecule has 0 unspecified atom stereocenters. The van der Waals surface area contributed by atoms with Crippen LogP contribution in [0.15, 0.2) is 71.5 Å². The van der Waals surface area contributed by atoms with E-state index in [-0.39, 0.29) is 19.0 Å². The van der Waals surface area contributed by atoms with Crippen molar-refractivity contribution in [3.05, 3.63) is 88.8 Å². The number of nitrogens with one attached hydrogen (secondary N) is 1. The molecule has 0 fully saturated rings. The van der Waals surface area contributed by atoms with Crippen LogP contribution in [0.1, 0.15) is 23.7 Å². The lowest BCUT2D eigenvalue weighted by Crippen LogP contribution is -2.16. The minimum atomic E-state index is -0.619. The van der Waals surface area contributed by atoms with Gasteiger partial charge in [0.15, 0.2) is 5.76 Å². The van der Waals surface area contributed by atoms with Crippen molar-refractivity contribution in [3.8, 4) is 22.5 Å². The molecule has 0 saturated carbocycles. The first kappa shape index (κ1) is 25.9. The van der Waals surface area contributed by atoms with E-state index in [9.17, 15) is 9.59 Å².